The largest absolute Gasteiger partial charge is 0.748 e. The quantitative estimate of drug-likeness (QED) is 0.541. The lowest BCUT2D eigenvalue weighted by Crippen LogP contribution is -2.40. The van der Waals surface area contributed by atoms with Crippen LogP contribution in [0.5, 0.6) is 0 Å². The average Bonchev–Trinajstić information content (AvgIpc) is 2.73. The van der Waals surface area contributed by atoms with E-state index in [0.717, 1.165) is 11.3 Å². The van der Waals surface area contributed by atoms with E-state index in [2.05, 4.69) is 10.2 Å². The van der Waals surface area contributed by atoms with Crippen LogP contribution in [0.1, 0.15) is 0 Å². The molecule has 2 heterocycles. The number of hydrogen-bond acceptors (Lipinski definition) is 5. The predicted octanol–water partition coefficient (Wildman–Crippen LogP) is -0.685. The molecular formula is C10H12N4O3S. The lowest BCUT2D eigenvalue weighted by molar-refractivity contribution is -0.750. The first-order valence-electron chi connectivity index (χ1n) is 5.23. The van der Waals surface area contributed by atoms with Crippen molar-refractivity contribution in [2.75, 3.05) is 5.75 Å². The Labute approximate surface area is 104 Å². The van der Waals surface area contributed by atoms with Gasteiger partial charge in [0.1, 0.15) is 16.3 Å². The van der Waals surface area contributed by atoms with Crippen LogP contribution in [-0.4, -0.2) is 33.6 Å². The van der Waals surface area contributed by atoms with E-state index in [9.17, 15) is 13.0 Å². The van der Waals surface area contributed by atoms with E-state index < -0.39 is 15.9 Å². The van der Waals surface area contributed by atoms with Gasteiger partial charge in [0.05, 0.1) is 11.4 Å². The Morgan fingerprint density at radius 3 is 2.72 bits per heavy atom. The minimum Gasteiger partial charge on any atom is -0.748 e. The molecule has 0 spiro atoms. The fourth-order valence-corrected chi connectivity index (χ4v) is 1.85. The Hall–Kier alpha value is -1.80. The molecule has 96 valence electrons. The van der Waals surface area contributed by atoms with E-state index in [4.69, 9.17) is 0 Å². The minimum atomic E-state index is -4.21. The second kappa shape index (κ2) is 4.83. The highest BCUT2D eigenvalue weighted by atomic mass is 32.2. The van der Waals surface area contributed by atoms with Crippen LogP contribution in [0.3, 0.4) is 0 Å². The van der Waals surface area contributed by atoms with Crippen molar-refractivity contribution < 1.29 is 17.7 Å². The summed E-state index contributed by atoms with van der Waals surface area (Å²) in [6.45, 7) is 0.0499. The third-order valence-electron chi connectivity index (χ3n) is 2.35. The topological polar surface area (TPSA) is 91.8 Å². The summed E-state index contributed by atoms with van der Waals surface area (Å²) in [6, 6.07) is 3.62. The first-order valence-corrected chi connectivity index (χ1v) is 6.81. The molecule has 0 unspecified atom stereocenters. The fraction of sp³-hybridized carbons (Fsp3) is 0.300. The lowest BCUT2D eigenvalue weighted by Gasteiger charge is -2.02. The first-order chi connectivity index (χ1) is 8.44. The molecule has 2 rings (SSSR count). The van der Waals surface area contributed by atoms with Crippen LogP contribution in [0, 0.1) is 0 Å². The number of nitrogens with zero attached hydrogens (tertiary/aromatic N) is 4. The Morgan fingerprint density at radius 1 is 1.44 bits per heavy atom. The molecule has 0 N–H and O–H groups in total. The van der Waals surface area contributed by atoms with Crippen LogP contribution < -0.4 is 4.68 Å². The van der Waals surface area contributed by atoms with Crippen molar-refractivity contribution in [1.82, 2.24) is 14.9 Å². The van der Waals surface area contributed by atoms with Crippen LogP contribution >= 0.6 is 0 Å². The first kappa shape index (κ1) is 12.7. The highest BCUT2D eigenvalue weighted by Gasteiger charge is 2.08. The summed E-state index contributed by atoms with van der Waals surface area (Å²) in [5.41, 5.74) is 1.62. The van der Waals surface area contributed by atoms with Crippen LogP contribution in [0.15, 0.2) is 30.7 Å². The Bertz CT molecular complexity index is 633. The summed E-state index contributed by atoms with van der Waals surface area (Å²) in [6.07, 6.45) is 5.02. The molecule has 0 saturated heterocycles. The van der Waals surface area contributed by atoms with Gasteiger partial charge in [0.2, 0.25) is 0 Å². The van der Waals surface area contributed by atoms with E-state index in [1.54, 1.807) is 23.1 Å². The summed E-state index contributed by atoms with van der Waals surface area (Å²) in [5.74, 6) is -0.465. The maximum absolute atomic E-state index is 10.5. The van der Waals surface area contributed by atoms with Gasteiger partial charge in [-0.1, -0.05) is 4.68 Å². The molecule has 0 atom stereocenters. The number of aryl methyl sites for hydroxylation is 2. The molecule has 0 aromatic carbocycles. The maximum Gasteiger partial charge on any atom is 0.197 e. The summed E-state index contributed by atoms with van der Waals surface area (Å²) in [4.78, 5) is 0. The van der Waals surface area contributed by atoms with Crippen LogP contribution in [0.2, 0.25) is 0 Å². The van der Waals surface area contributed by atoms with Gasteiger partial charge in [-0.05, 0) is 11.2 Å². The molecule has 2 aromatic heterocycles. The molecule has 0 saturated carbocycles. The van der Waals surface area contributed by atoms with E-state index in [1.165, 1.54) is 4.68 Å². The second-order valence-corrected chi connectivity index (χ2v) is 5.34. The van der Waals surface area contributed by atoms with Gasteiger partial charge in [-0.3, -0.25) is 4.68 Å². The van der Waals surface area contributed by atoms with Gasteiger partial charge in [-0.25, -0.2) is 8.42 Å². The van der Waals surface area contributed by atoms with Gasteiger partial charge in [-0.15, -0.1) is 0 Å². The van der Waals surface area contributed by atoms with Crippen LogP contribution in [-0.2, 0) is 23.7 Å². The summed E-state index contributed by atoms with van der Waals surface area (Å²) < 4.78 is 34.5. The predicted molar refractivity (Wildman–Crippen MR) is 61.2 cm³/mol. The standard InChI is InChI=1S/C10H12N4O3S/c1-13-4-3-10(12-13)9-2-5-14(11-8-9)6-7-18(15,16)17/h2-5,8H,6-7H2,1H3. The van der Waals surface area contributed by atoms with E-state index >= 15 is 0 Å². The highest BCUT2D eigenvalue weighted by molar-refractivity contribution is 7.85. The third kappa shape index (κ3) is 3.34. The van der Waals surface area contributed by atoms with Gasteiger partial charge >= 0.3 is 0 Å². The molecule has 2 aromatic rings. The Morgan fingerprint density at radius 2 is 2.22 bits per heavy atom. The zero-order chi connectivity index (χ0) is 13.2. The molecule has 18 heavy (non-hydrogen) atoms. The average molecular weight is 268 g/mol. The molecular weight excluding hydrogens is 256 g/mol. The molecule has 7 nitrogen and oxygen atoms in total. The zero-order valence-corrected chi connectivity index (χ0v) is 10.5. The molecule has 0 aliphatic carbocycles. The smallest absolute Gasteiger partial charge is 0.197 e. The van der Waals surface area contributed by atoms with Crippen molar-refractivity contribution in [3.63, 3.8) is 0 Å². The normalized spacial score (nSPS) is 11.7. The number of aromatic nitrogens is 4. The van der Waals surface area contributed by atoms with Crippen molar-refractivity contribution in [2.24, 2.45) is 7.05 Å². The van der Waals surface area contributed by atoms with Gasteiger partial charge in [0, 0.05) is 24.9 Å². The molecule has 0 fully saturated rings. The van der Waals surface area contributed by atoms with Crippen LogP contribution in [0.25, 0.3) is 11.3 Å². The maximum atomic E-state index is 10.5. The van der Waals surface area contributed by atoms with Gasteiger partial charge in [0.25, 0.3) is 0 Å². The molecule has 0 aliphatic heterocycles. The minimum absolute atomic E-state index is 0.0499. The zero-order valence-electron chi connectivity index (χ0n) is 9.72. The second-order valence-electron chi connectivity index (χ2n) is 3.82. The monoisotopic (exact) mass is 268 g/mol. The Kier molecular flexibility index (Phi) is 3.39. The van der Waals surface area contributed by atoms with Gasteiger partial charge < -0.3 is 4.55 Å². The van der Waals surface area contributed by atoms with Crippen molar-refractivity contribution >= 4 is 10.1 Å². The summed E-state index contributed by atoms with van der Waals surface area (Å²) in [7, 11) is -2.39. The number of hydrogen-bond donors (Lipinski definition) is 0. The van der Waals surface area contributed by atoms with Crippen molar-refractivity contribution in [1.29, 1.82) is 0 Å². The fourth-order valence-electron chi connectivity index (χ4n) is 1.44. The molecule has 0 aliphatic rings. The van der Waals surface area contributed by atoms with Gasteiger partial charge in [0.15, 0.2) is 12.7 Å². The van der Waals surface area contributed by atoms with Crippen molar-refractivity contribution in [3.8, 4) is 11.3 Å². The molecule has 0 radical (unpaired) electrons. The van der Waals surface area contributed by atoms with Gasteiger partial charge in [-0.2, -0.15) is 5.10 Å². The van der Waals surface area contributed by atoms with E-state index in [0.29, 0.717) is 0 Å². The third-order valence-corrected chi connectivity index (χ3v) is 3.03. The lowest BCUT2D eigenvalue weighted by atomic mass is 10.2. The molecule has 8 heteroatoms. The van der Waals surface area contributed by atoms with E-state index in [1.807, 2.05) is 19.3 Å². The molecule has 0 bridgehead atoms. The number of rotatable bonds is 4. The highest BCUT2D eigenvalue weighted by Crippen LogP contribution is 2.12. The summed E-state index contributed by atoms with van der Waals surface area (Å²) >= 11 is 0. The van der Waals surface area contributed by atoms with E-state index in [-0.39, 0.29) is 6.54 Å². The SMILES string of the molecule is Cn1ccc(-c2cc[n+](CCS(=O)(=O)[O-])nc2)n1. The molecule has 0 amide bonds. The van der Waals surface area contributed by atoms with Crippen LogP contribution in [0.4, 0.5) is 0 Å². The summed E-state index contributed by atoms with van der Waals surface area (Å²) in [5, 5.41) is 8.25. The van der Waals surface area contributed by atoms with Crippen molar-refractivity contribution in [3.05, 3.63) is 30.7 Å². The van der Waals surface area contributed by atoms with Crippen molar-refractivity contribution in [2.45, 2.75) is 6.54 Å². The Balaban J connectivity index is 2.10.